The van der Waals surface area contributed by atoms with E-state index in [1.54, 1.807) is 24.3 Å². The molecule has 0 saturated heterocycles. The van der Waals surface area contributed by atoms with Crippen LogP contribution in [-0.4, -0.2) is 21.7 Å². The summed E-state index contributed by atoms with van der Waals surface area (Å²) in [6.07, 6.45) is 0.314. The Morgan fingerprint density at radius 3 is 2.36 bits per heavy atom. The third-order valence-corrected chi connectivity index (χ3v) is 3.85. The summed E-state index contributed by atoms with van der Waals surface area (Å²) >= 11 is 0. The van der Waals surface area contributed by atoms with Gasteiger partial charge >= 0.3 is 0 Å². The van der Waals surface area contributed by atoms with E-state index in [9.17, 15) is 9.90 Å². The third-order valence-electron chi connectivity index (χ3n) is 3.85. The summed E-state index contributed by atoms with van der Waals surface area (Å²) in [5.74, 6) is -0.305. The molecule has 0 aliphatic carbocycles. The number of aliphatic hydroxyl groups is 1. The van der Waals surface area contributed by atoms with E-state index in [0.717, 1.165) is 11.3 Å². The van der Waals surface area contributed by atoms with Crippen LogP contribution in [0.3, 0.4) is 0 Å². The summed E-state index contributed by atoms with van der Waals surface area (Å²) in [5, 5.41) is 16.6. The van der Waals surface area contributed by atoms with Crippen LogP contribution >= 0.6 is 0 Å². The molecule has 1 amide bonds. The van der Waals surface area contributed by atoms with Crippen molar-refractivity contribution in [3.63, 3.8) is 0 Å². The fraction of sp³-hybridized carbons (Fsp3) is 0.222. The van der Waals surface area contributed by atoms with Gasteiger partial charge in [-0.15, -0.1) is 0 Å². The monoisotopic (exact) mass is 294 g/mol. The van der Waals surface area contributed by atoms with Crippen molar-refractivity contribution in [1.82, 2.24) is 5.01 Å². The second-order valence-corrected chi connectivity index (χ2v) is 5.68. The minimum Gasteiger partial charge on any atom is -0.365 e. The van der Waals surface area contributed by atoms with Crippen LogP contribution in [0.1, 0.15) is 34.8 Å². The summed E-state index contributed by atoms with van der Waals surface area (Å²) in [6.45, 7) is 3.80. The summed E-state index contributed by atoms with van der Waals surface area (Å²) in [4.78, 5) is 12.7. The predicted molar refractivity (Wildman–Crippen MR) is 85.4 cm³/mol. The predicted octanol–water partition coefficient (Wildman–Crippen LogP) is 3.06. The quantitative estimate of drug-likeness (QED) is 0.925. The lowest BCUT2D eigenvalue weighted by Gasteiger charge is -2.31. The van der Waals surface area contributed by atoms with Gasteiger partial charge in [0.25, 0.3) is 5.91 Å². The number of amides is 1. The molecule has 1 aliphatic heterocycles. The summed E-state index contributed by atoms with van der Waals surface area (Å²) in [7, 11) is 0. The average Bonchev–Trinajstić information content (AvgIpc) is 2.84. The Kier molecular flexibility index (Phi) is 3.54. The number of benzene rings is 2. The molecule has 0 radical (unpaired) electrons. The van der Waals surface area contributed by atoms with Crippen LogP contribution in [0.5, 0.6) is 0 Å². The Hall–Kier alpha value is -2.46. The van der Waals surface area contributed by atoms with Crippen LogP contribution < -0.4 is 0 Å². The number of hydrogen-bond donors (Lipinski definition) is 1. The number of nitrogens with zero attached hydrogens (tertiary/aromatic N) is 2. The largest absolute Gasteiger partial charge is 0.365 e. The van der Waals surface area contributed by atoms with E-state index in [-0.39, 0.29) is 5.91 Å². The van der Waals surface area contributed by atoms with Crippen molar-refractivity contribution in [2.24, 2.45) is 5.10 Å². The molecule has 2 aromatic rings. The number of carbonyl (C=O) groups excluding carboxylic acids is 1. The molecule has 2 aromatic carbocycles. The van der Waals surface area contributed by atoms with E-state index in [2.05, 4.69) is 5.10 Å². The highest BCUT2D eigenvalue weighted by Gasteiger charge is 2.45. The summed E-state index contributed by atoms with van der Waals surface area (Å²) in [6, 6.07) is 16.4. The first-order chi connectivity index (χ1) is 10.5. The highest BCUT2D eigenvalue weighted by Crippen LogP contribution is 2.36. The maximum Gasteiger partial charge on any atom is 0.276 e. The Balaban J connectivity index is 2.01. The molecule has 1 atom stereocenters. The SMILES string of the molecule is CC1=NN(C(=O)c2ccccc2)[C@@](O)(c2ccc(C)cc2)C1. The molecule has 0 saturated carbocycles. The van der Waals surface area contributed by atoms with Crippen LogP contribution in [0.4, 0.5) is 0 Å². The molecule has 1 heterocycles. The van der Waals surface area contributed by atoms with Crippen LogP contribution in [0.25, 0.3) is 0 Å². The second kappa shape index (κ2) is 5.39. The molecular weight excluding hydrogens is 276 g/mol. The lowest BCUT2D eigenvalue weighted by atomic mass is 9.96. The third kappa shape index (κ3) is 2.42. The normalized spacial score (nSPS) is 20.9. The highest BCUT2D eigenvalue weighted by molar-refractivity contribution is 5.97. The van der Waals surface area contributed by atoms with Crippen molar-refractivity contribution >= 4 is 11.6 Å². The zero-order valence-electron chi connectivity index (χ0n) is 12.7. The Morgan fingerprint density at radius 2 is 1.73 bits per heavy atom. The van der Waals surface area contributed by atoms with E-state index in [4.69, 9.17) is 0 Å². The van der Waals surface area contributed by atoms with Crippen molar-refractivity contribution in [2.75, 3.05) is 0 Å². The van der Waals surface area contributed by atoms with Gasteiger partial charge in [0, 0.05) is 23.3 Å². The molecule has 4 nitrogen and oxygen atoms in total. The maximum atomic E-state index is 12.7. The van der Waals surface area contributed by atoms with Gasteiger partial charge < -0.3 is 5.11 Å². The van der Waals surface area contributed by atoms with E-state index < -0.39 is 5.72 Å². The number of rotatable bonds is 2. The zero-order valence-corrected chi connectivity index (χ0v) is 12.7. The molecular formula is C18H18N2O2. The second-order valence-electron chi connectivity index (χ2n) is 5.68. The van der Waals surface area contributed by atoms with Crippen molar-refractivity contribution in [1.29, 1.82) is 0 Å². The first-order valence-corrected chi connectivity index (χ1v) is 7.24. The number of carbonyl (C=O) groups is 1. The van der Waals surface area contributed by atoms with Gasteiger partial charge in [-0.1, -0.05) is 48.0 Å². The highest BCUT2D eigenvalue weighted by atomic mass is 16.3. The van der Waals surface area contributed by atoms with Crippen molar-refractivity contribution in [3.05, 3.63) is 71.3 Å². The van der Waals surface area contributed by atoms with Gasteiger partial charge in [0.05, 0.1) is 0 Å². The first-order valence-electron chi connectivity index (χ1n) is 7.24. The van der Waals surface area contributed by atoms with E-state index in [1.807, 2.05) is 44.2 Å². The number of hydrogen-bond acceptors (Lipinski definition) is 3. The molecule has 0 bridgehead atoms. The Labute approximate surface area is 129 Å². The minimum absolute atomic E-state index is 0.305. The molecule has 0 fully saturated rings. The molecule has 4 heteroatoms. The lowest BCUT2D eigenvalue weighted by Crippen LogP contribution is -2.43. The van der Waals surface area contributed by atoms with Gasteiger partial charge in [-0.3, -0.25) is 4.79 Å². The molecule has 112 valence electrons. The number of aryl methyl sites for hydroxylation is 1. The maximum absolute atomic E-state index is 12.7. The summed E-state index contributed by atoms with van der Waals surface area (Å²) in [5.41, 5.74) is 1.58. The van der Waals surface area contributed by atoms with E-state index in [0.29, 0.717) is 17.5 Å². The summed E-state index contributed by atoms with van der Waals surface area (Å²) < 4.78 is 0. The van der Waals surface area contributed by atoms with Gasteiger partial charge in [0.15, 0.2) is 5.72 Å². The molecule has 0 spiro atoms. The molecule has 22 heavy (non-hydrogen) atoms. The van der Waals surface area contributed by atoms with Gasteiger partial charge in [0.1, 0.15) is 0 Å². The molecule has 1 aliphatic rings. The average molecular weight is 294 g/mol. The van der Waals surface area contributed by atoms with Crippen LogP contribution in [0.15, 0.2) is 59.7 Å². The Morgan fingerprint density at radius 1 is 1.09 bits per heavy atom. The van der Waals surface area contributed by atoms with Crippen molar-refractivity contribution < 1.29 is 9.90 Å². The van der Waals surface area contributed by atoms with Crippen molar-refractivity contribution in [3.8, 4) is 0 Å². The van der Waals surface area contributed by atoms with E-state index >= 15 is 0 Å². The van der Waals surface area contributed by atoms with Crippen LogP contribution in [-0.2, 0) is 5.72 Å². The van der Waals surface area contributed by atoms with Gasteiger partial charge in [-0.2, -0.15) is 10.1 Å². The zero-order chi connectivity index (χ0) is 15.7. The molecule has 1 N–H and O–H groups in total. The topological polar surface area (TPSA) is 52.9 Å². The minimum atomic E-state index is -1.43. The molecule has 3 rings (SSSR count). The van der Waals surface area contributed by atoms with Crippen LogP contribution in [0, 0.1) is 6.92 Å². The van der Waals surface area contributed by atoms with Gasteiger partial charge in [-0.25, -0.2) is 0 Å². The Bertz CT molecular complexity index is 723. The fourth-order valence-electron chi connectivity index (χ4n) is 2.68. The van der Waals surface area contributed by atoms with Gasteiger partial charge in [-0.05, 0) is 26.0 Å². The van der Waals surface area contributed by atoms with Crippen LogP contribution in [0.2, 0.25) is 0 Å². The number of hydrazone groups is 1. The standard InChI is InChI=1S/C18H18N2O2/c1-13-8-10-16(11-9-13)18(22)12-14(2)19-20(18)17(21)15-6-4-3-5-7-15/h3-11,22H,12H2,1-2H3/t18-/m0/s1. The lowest BCUT2D eigenvalue weighted by molar-refractivity contribution is -0.0765. The molecule has 0 unspecified atom stereocenters. The molecule has 0 aromatic heterocycles. The first kappa shape index (κ1) is 14.5. The fourth-order valence-corrected chi connectivity index (χ4v) is 2.68. The van der Waals surface area contributed by atoms with Crippen molar-refractivity contribution in [2.45, 2.75) is 26.0 Å². The van der Waals surface area contributed by atoms with Gasteiger partial charge in [0.2, 0.25) is 0 Å². The van der Waals surface area contributed by atoms with E-state index in [1.165, 1.54) is 5.01 Å². The smallest absolute Gasteiger partial charge is 0.276 e.